The van der Waals surface area contributed by atoms with Gasteiger partial charge in [0, 0.05) is 44.0 Å². The van der Waals surface area contributed by atoms with Gasteiger partial charge >= 0.3 is 6.03 Å². The predicted molar refractivity (Wildman–Crippen MR) is 210 cm³/mol. The maximum absolute atomic E-state index is 13.3. The highest BCUT2D eigenvalue weighted by atomic mass is 32.2. The Bertz CT molecular complexity index is 2330. The second-order valence-corrected chi connectivity index (χ2v) is 15.3. The SMILES string of the molecule is CSc1ccc(-c2nnc3ccc(Sc4ccccc4CN(C(N)=O)c4cc(C(C)(C)C)nn4-c4cccc(OCc5ccccc5)c4)cn23)cc1. The Labute approximate surface area is 311 Å². The van der Waals surface area contributed by atoms with Crippen LogP contribution in [0.2, 0.25) is 0 Å². The van der Waals surface area contributed by atoms with Crippen LogP contribution in [0, 0.1) is 0 Å². The summed E-state index contributed by atoms with van der Waals surface area (Å²) in [4.78, 5) is 18.1. The fourth-order valence-corrected chi connectivity index (χ4v) is 7.10. The van der Waals surface area contributed by atoms with Gasteiger partial charge in [-0.3, -0.25) is 9.30 Å². The summed E-state index contributed by atoms with van der Waals surface area (Å²) in [6, 6.07) is 39.5. The normalized spacial score (nSPS) is 11.5. The number of benzene rings is 4. The van der Waals surface area contributed by atoms with E-state index in [0.29, 0.717) is 18.2 Å². The molecule has 0 fully saturated rings. The number of primary amides is 1. The standard InChI is InChI=1S/C41H39N7O2S2/c1-41(2,3)36-24-38(48(45-36)31-14-10-15-32(23-31)50-27-28-11-6-5-7-12-28)47(40(42)49)25-30-13-8-9-16-35(30)52-34-21-22-37-43-44-39(46(37)26-34)29-17-19-33(51-4)20-18-29/h5-24,26H,25,27H2,1-4H3,(H2,42,49). The van der Waals surface area contributed by atoms with E-state index in [9.17, 15) is 4.79 Å². The van der Waals surface area contributed by atoms with E-state index < -0.39 is 6.03 Å². The van der Waals surface area contributed by atoms with Crippen molar-refractivity contribution < 1.29 is 9.53 Å². The molecule has 0 aliphatic carbocycles. The molecule has 52 heavy (non-hydrogen) atoms. The highest BCUT2D eigenvalue weighted by Gasteiger charge is 2.26. The number of aromatic nitrogens is 5. The summed E-state index contributed by atoms with van der Waals surface area (Å²) in [5.74, 6) is 2.04. The van der Waals surface area contributed by atoms with E-state index in [1.54, 1.807) is 33.1 Å². The number of fused-ring (bicyclic) bond motifs is 1. The molecule has 9 nitrogen and oxygen atoms in total. The van der Waals surface area contributed by atoms with Crippen molar-refractivity contribution in [3.63, 3.8) is 0 Å². The quantitative estimate of drug-likeness (QED) is 0.133. The van der Waals surface area contributed by atoms with Crippen molar-refractivity contribution in [1.29, 1.82) is 0 Å². The van der Waals surface area contributed by atoms with Gasteiger partial charge in [-0.15, -0.1) is 22.0 Å². The van der Waals surface area contributed by atoms with Crippen LogP contribution in [0.1, 0.15) is 37.6 Å². The van der Waals surface area contributed by atoms with Crippen LogP contribution in [0.4, 0.5) is 10.6 Å². The lowest BCUT2D eigenvalue weighted by molar-refractivity contribution is 0.253. The molecule has 4 aromatic carbocycles. The molecule has 0 bridgehead atoms. The topological polar surface area (TPSA) is 104 Å². The number of nitrogens with two attached hydrogens (primary N) is 1. The van der Waals surface area contributed by atoms with E-state index in [4.69, 9.17) is 15.6 Å². The molecule has 7 rings (SSSR count). The number of amides is 2. The molecule has 0 saturated heterocycles. The van der Waals surface area contributed by atoms with Crippen LogP contribution in [0.3, 0.4) is 0 Å². The van der Waals surface area contributed by atoms with Crippen LogP contribution < -0.4 is 15.4 Å². The van der Waals surface area contributed by atoms with E-state index in [0.717, 1.165) is 49.3 Å². The zero-order chi connectivity index (χ0) is 36.2. The Kier molecular flexibility index (Phi) is 10.1. The summed E-state index contributed by atoms with van der Waals surface area (Å²) in [7, 11) is 0. The number of anilines is 1. The first-order valence-corrected chi connectivity index (χ1v) is 18.9. The second-order valence-electron chi connectivity index (χ2n) is 13.3. The minimum Gasteiger partial charge on any atom is -0.489 e. The van der Waals surface area contributed by atoms with Crippen LogP contribution in [-0.2, 0) is 18.6 Å². The van der Waals surface area contributed by atoms with Crippen LogP contribution in [0.15, 0.2) is 142 Å². The van der Waals surface area contributed by atoms with Crippen molar-refractivity contribution in [2.75, 3.05) is 11.2 Å². The number of ether oxygens (including phenoxy) is 1. The third-order valence-corrected chi connectivity index (χ3v) is 10.4. The van der Waals surface area contributed by atoms with Gasteiger partial charge in [0.05, 0.1) is 17.9 Å². The Morgan fingerprint density at radius 2 is 1.60 bits per heavy atom. The summed E-state index contributed by atoms with van der Waals surface area (Å²) >= 11 is 3.31. The fraction of sp³-hybridized carbons (Fsp3) is 0.171. The first-order valence-electron chi connectivity index (χ1n) is 16.9. The Morgan fingerprint density at radius 1 is 0.846 bits per heavy atom. The predicted octanol–water partition coefficient (Wildman–Crippen LogP) is 9.42. The molecule has 0 saturated carbocycles. The lowest BCUT2D eigenvalue weighted by Gasteiger charge is -2.23. The van der Waals surface area contributed by atoms with Gasteiger partial charge in [0.25, 0.3) is 0 Å². The molecule has 2 amide bonds. The molecular weight excluding hydrogens is 687 g/mol. The highest BCUT2D eigenvalue weighted by molar-refractivity contribution is 7.99. The Morgan fingerprint density at radius 3 is 2.35 bits per heavy atom. The molecule has 3 aromatic heterocycles. The number of thioether (sulfide) groups is 1. The minimum absolute atomic E-state index is 0.236. The molecule has 2 N–H and O–H groups in total. The Hall–Kier alpha value is -5.52. The van der Waals surface area contributed by atoms with E-state index in [1.165, 1.54) is 4.90 Å². The first-order chi connectivity index (χ1) is 25.2. The summed E-state index contributed by atoms with van der Waals surface area (Å²) in [5.41, 5.74) is 11.2. The molecule has 0 unspecified atom stereocenters. The van der Waals surface area contributed by atoms with Crippen LogP contribution in [0.25, 0.3) is 22.7 Å². The van der Waals surface area contributed by atoms with E-state index in [2.05, 4.69) is 73.8 Å². The second kappa shape index (κ2) is 15.0. The van der Waals surface area contributed by atoms with Gasteiger partial charge in [0.15, 0.2) is 11.5 Å². The molecule has 3 heterocycles. The summed E-state index contributed by atoms with van der Waals surface area (Å²) in [5, 5.41) is 13.9. The summed E-state index contributed by atoms with van der Waals surface area (Å²) in [6.45, 7) is 6.96. The number of rotatable bonds is 11. The minimum atomic E-state index is -0.582. The van der Waals surface area contributed by atoms with Gasteiger partial charge in [-0.25, -0.2) is 9.48 Å². The van der Waals surface area contributed by atoms with Gasteiger partial charge < -0.3 is 10.5 Å². The average molecular weight is 726 g/mol. The van der Waals surface area contributed by atoms with Crippen molar-refractivity contribution in [3.05, 3.63) is 144 Å². The third kappa shape index (κ3) is 7.70. The molecule has 0 atom stereocenters. The van der Waals surface area contributed by atoms with Crippen molar-refractivity contribution in [2.24, 2.45) is 5.73 Å². The van der Waals surface area contributed by atoms with Gasteiger partial charge in [-0.2, -0.15) is 5.10 Å². The lowest BCUT2D eigenvalue weighted by atomic mass is 9.92. The van der Waals surface area contributed by atoms with Crippen molar-refractivity contribution in [2.45, 2.75) is 54.0 Å². The van der Waals surface area contributed by atoms with Crippen molar-refractivity contribution in [1.82, 2.24) is 24.4 Å². The number of hydrogen-bond donors (Lipinski definition) is 1. The number of hydrogen-bond acceptors (Lipinski definition) is 7. The fourth-order valence-electron chi connectivity index (χ4n) is 5.74. The highest BCUT2D eigenvalue weighted by Crippen LogP contribution is 2.35. The number of carbonyl (C=O) groups excluding carboxylic acids is 1. The third-order valence-electron chi connectivity index (χ3n) is 8.56. The van der Waals surface area contributed by atoms with Crippen molar-refractivity contribution in [3.8, 4) is 22.8 Å². The zero-order valence-electron chi connectivity index (χ0n) is 29.4. The maximum Gasteiger partial charge on any atom is 0.320 e. The number of pyridine rings is 1. The lowest BCUT2D eigenvalue weighted by Crippen LogP contribution is -2.36. The van der Waals surface area contributed by atoms with Gasteiger partial charge in [0.1, 0.15) is 18.2 Å². The molecule has 11 heteroatoms. The molecule has 7 aromatic rings. The number of nitrogens with zero attached hydrogens (tertiary/aromatic N) is 6. The van der Waals surface area contributed by atoms with Crippen molar-refractivity contribution >= 4 is 41.0 Å². The summed E-state index contributed by atoms with van der Waals surface area (Å²) < 4.78 is 9.94. The van der Waals surface area contributed by atoms with E-state index in [1.807, 2.05) is 95.4 Å². The average Bonchev–Trinajstić information content (AvgIpc) is 3.79. The zero-order valence-corrected chi connectivity index (χ0v) is 31.1. The molecule has 0 radical (unpaired) electrons. The largest absolute Gasteiger partial charge is 0.489 e. The van der Waals surface area contributed by atoms with Gasteiger partial charge in [-0.1, -0.05) is 99.3 Å². The molecule has 262 valence electrons. The van der Waals surface area contributed by atoms with Crippen LogP contribution >= 0.6 is 23.5 Å². The number of carbonyl (C=O) groups is 1. The van der Waals surface area contributed by atoms with Gasteiger partial charge in [-0.05, 0) is 59.8 Å². The molecule has 0 aliphatic heterocycles. The molecule has 0 aliphatic rings. The Balaban J connectivity index is 1.20. The molecule has 0 spiro atoms. The summed E-state index contributed by atoms with van der Waals surface area (Å²) in [6.07, 6.45) is 4.11. The van der Waals surface area contributed by atoms with Crippen LogP contribution in [-0.4, -0.2) is 36.7 Å². The van der Waals surface area contributed by atoms with E-state index in [-0.39, 0.29) is 12.0 Å². The molecular formula is C41H39N7O2S2. The van der Waals surface area contributed by atoms with E-state index >= 15 is 0 Å². The first kappa shape index (κ1) is 34.9. The van der Waals surface area contributed by atoms with Crippen LogP contribution in [0.5, 0.6) is 5.75 Å². The monoisotopic (exact) mass is 725 g/mol. The number of urea groups is 1. The smallest absolute Gasteiger partial charge is 0.320 e. The maximum atomic E-state index is 13.3. The van der Waals surface area contributed by atoms with Gasteiger partial charge in [0.2, 0.25) is 0 Å².